The molecule has 118 valence electrons. The summed E-state index contributed by atoms with van der Waals surface area (Å²) in [6, 6.07) is 8.81. The Morgan fingerprint density at radius 1 is 1.19 bits per heavy atom. The zero-order valence-electron chi connectivity index (χ0n) is 13.7. The Kier molecular flexibility index (Phi) is 6.07. The molecular formula is C18H30N2O. The van der Waals surface area contributed by atoms with E-state index < -0.39 is 0 Å². The molecule has 2 atom stereocenters. The lowest BCUT2D eigenvalue weighted by atomic mass is 10.0. The second-order valence-corrected chi connectivity index (χ2v) is 6.56. The molecule has 0 saturated carbocycles. The van der Waals surface area contributed by atoms with Gasteiger partial charge in [-0.25, -0.2) is 0 Å². The van der Waals surface area contributed by atoms with Crippen LogP contribution < -0.4 is 10.5 Å². The van der Waals surface area contributed by atoms with Gasteiger partial charge in [0.25, 0.3) is 0 Å². The topological polar surface area (TPSA) is 38.5 Å². The SMILES string of the molecule is CC1CCCN(C(CN)c2ccc(OC(C)C)cc2)CC1. The van der Waals surface area contributed by atoms with Gasteiger partial charge in [-0.2, -0.15) is 0 Å². The van der Waals surface area contributed by atoms with Gasteiger partial charge in [-0.3, -0.25) is 4.90 Å². The Balaban J connectivity index is 2.05. The van der Waals surface area contributed by atoms with Crippen LogP contribution in [0.3, 0.4) is 0 Å². The van der Waals surface area contributed by atoms with Gasteiger partial charge >= 0.3 is 0 Å². The van der Waals surface area contributed by atoms with Crippen LogP contribution in [-0.4, -0.2) is 30.6 Å². The first-order valence-electron chi connectivity index (χ1n) is 8.31. The van der Waals surface area contributed by atoms with E-state index in [1.165, 1.54) is 24.8 Å². The summed E-state index contributed by atoms with van der Waals surface area (Å²) in [7, 11) is 0. The number of rotatable bonds is 5. The summed E-state index contributed by atoms with van der Waals surface area (Å²) in [6.07, 6.45) is 4.12. The molecule has 0 amide bonds. The third-order valence-corrected chi connectivity index (χ3v) is 4.35. The minimum absolute atomic E-state index is 0.216. The van der Waals surface area contributed by atoms with Crippen molar-refractivity contribution in [2.24, 2.45) is 11.7 Å². The van der Waals surface area contributed by atoms with Crippen molar-refractivity contribution >= 4 is 0 Å². The van der Waals surface area contributed by atoms with Gasteiger partial charge < -0.3 is 10.5 Å². The van der Waals surface area contributed by atoms with Gasteiger partial charge in [0.1, 0.15) is 5.75 Å². The Hall–Kier alpha value is -1.06. The van der Waals surface area contributed by atoms with E-state index in [-0.39, 0.29) is 6.10 Å². The Bertz CT molecular complexity index is 416. The first kappa shape index (κ1) is 16.3. The van der Waals surface area contributed by atoms with E-state index in [1.54, 1.807) is 0 Å². The molecule has 1 aliphatic heterocycles. The molecule has 1 aromatic carbocycles. The molecule has 2 N–H and O–H groups in total. The Labute approximate surface area is 129 Å². The lowest BCUT2D eigenvalue weighted by molar-refractivity contribution is 0.207. The first-order chi connectivity index (χ1) is 10.1. The molecule has 2 unspecified atom stereocenters. The van der Waals surface area contributed by atoms with Crippen molar-refractivity contribution in [1.29, 1.82) is 0 Å². The quantitative estimate of drug-likeness (QED) is 0.900. The maximum atomic E-state index is 6.07. The lowest BCUT2D eigenvalue weighted by Crippen LogP contribution is -2.34. The molecule has 1 fully saturated rings. The van der Waals surface area contributed by atoms with Crippen LogP contribution in [0, 0.1) is 5.92 Å². The summed E-state index contributed by atoms with van der Waals surface area (Å²) in [5.41, 5.74) is 7.38. The number of nitrogens with zero attached hydrogens (tertiary/aromatic N) is 1. The van der Waals surface area contributed by atoms with Gasteiger partial charge in [-0.1, -0.05) is 19.1 Å². The van der Waals surface area contributed by atoms with Crippen LogP contribution in [0.25, 0.3) is 0 Å². The fraction of sp³-hybridized carbons (Fsp3) is 0.667. The van der Waals surface area contributed by atoms with Gasteiger partial charge in [0, 0.05) is 12.6 Å². The predicted octanol–water partition coefficient (Wildman–Crippen LogP) is 3.60. The molecule has 0 aromatic heterocycles. The molecule has 0 radical (unpaired) electrons. The van der Waals surface area contributed by atoms with Crippen molar-refractivity contribution in [1.82, 2.24) is 4.90 Å². The molecule has 0 aliphatic carbocycles. The highest BCUT2D eigenvalue weighted by Gasteiger charge is 2.22. The normalized spacial score (nSPS) is 22.0. The molecule has 3 heteroatoms. The maximum absolute atomic E-state index is 6.07. The zero-order chi connectivity index (χ0) is 15.2. The number of hydrogen-bond donors (Lipinski definition) is 1. The van der Waals surface area contributed by atoms with Crippen LogP contribution in [0.2, 0.25) is 0 Å². The average molecular weight is 290 g/mol. The second-order valence-electron chi connectivity index (χ2n) is 6.56. The summed E-state index contributed by atoms with van der Waals surface area (Å²) in [6.45, 7) is 9.46. The molecule has 2 rings (SSSR count). The summed E-state index contributed by atoms with van der Waals surface area (Å²) >= 11 is 0. The monoisotopic (exact) mass is 290 g/mol. The number of ether oxygens (including phenoxy) is 1. The number of hydrogen-bond acceptors (Lipinski definition) is 3. The van der Waals surface area contributed by atoms with Gasteiger partial charge in [-0.05, 0) is 69.8 Å². The molecule has 1 heterocycles. The van der Waals surface area contributed by atoms with Crippen LogP contribution in [0.15, 0.2) is 24.3 Å². The van der Waals surface area contributed by atoms with Crippen molar-refractivity contribution in [3.8, 4) is 5.75 Å². The van der Waals surface area contributed by atoms with Crippen molar-refractivity contribution in [3.63, 3.8) is 0 Å². The van der Waals surface area contributed by atoms with E-state index in [0.717, 1.165) is 24.8 Å². The number of likely N-dealkylation sites (tertiary alicyclic amines) is 1. The smallest absolute Gasteiger partial charge is 0.119 e. The first-order valence-corrected chi connectivity index (χ1v) is 8.31. The largest absolute Gasteiger partial charge is 0.491 e. The minimum atomic E-state index is 0.216. The predicted molar refractivity (Wildman–Crippen MR) is 88.6 cm³/mol. The summed E-state index contributed by atoms with van der Waals surface area (Å²) < 4.78 is 5.72. The highest BCUT2D eigenvalue weighted by atomic mass is 16.5. The Morgan fingerprint density at radius 2 is 1.90 bits per heavy atom. The van der Waals surface area contributed by atoms with E-state index in [2.05, 4.69) is 49.9 Å². The molecule has 3 nitrogen and oxygen atoms in total. The van der Waals surface area contributed by atoms with Gasteiger partial charge in [0.15, 0.2) is 0 Å². The highest BCUT2D eigenvalue weighted by molar-refractivity contribution is 5.29. The maximum Gasteiger partial charge on any atom is 0.119 e. The summed E-state index contributed by atoms with van der Waals surface area (Å²) in [5, 5.41) is 0. The minimum Gasteiger partial charge on any atom is -0.491 e. The molecular weight excluding hydrogens is 260 g/mol. The van der Waals surface area contributed by atoms with Gasteiger partial charge in [0.05, 0.1) is 6.10 Å². The fourth-order valence-corrected chi connectivity index (χ4v) is 3.13. The van der Waals surface area contributed by atoms with E-state index in [9.17, 15) is 0 Å². The third kappa shape index (κ3) is 4.72. The highest BCUT2D eigenvalue weighted by Crippen LogP contribution is 2.26. The van der Waals surface area contributed by atoms with Crippen molar-refractivity contribution in [2.75, 3.05) is 19.6 Å². The van der Waals surface area contributed by atoms with Gasteiger partial charge in [0.2, 0.25) is 0 Å². The van der Waals surface area contributed by atoms with Crippen LogP contribution in [0.5, 0.6) is 5.75 Å². The van der Waals surface area contributed by atoms with Gasteiger partial charge in [-0.15, -0.1) is 0 Å². The van der Waals surface area contributed by atoms with Crippen LogP contribution in [0.1, 0.15) is 51.6 Å². The third-order valence-electron chi connectivity index (χ3n) is 4.35. The van der Waals surface area contributed by atoms with Crippen LogP contribution >= 0.6 is 0 Å². The van der Waals surface area contributed by atoms with E-state index in [1.807, 2.05) is 0 Å². The fourth-order valence-electron chi connectivity index (χ4n) is 3.13. The lowest BCUT2D eigenvalue weighted by Gasteiger charge is -2.30. The molecule has 21 heavy (non-hydrogen) atoms. The molecule has 0 spiro atoms. The molecule has 0 bridgehead atoms. The van der Waals surface area contributed by atoms with Crippen molar-refractivity contribution in [2.45, 2.75) is 52.2 Å². The summed E-state index contributed by atoms with van der Waals surface area (Å²) in [5.74, 6) is 1.78. The van der Waals surface area contributed by atoms with E-state index >= 15 is 0 Å². The summed E-state index contributed by atoms with van der Waals surface area (Å²) in [4.78, 5) is 2.56. The van der Waals surface area contributed by atoms with Crippen LogP contribution in [0.4, 0.5) is 0 Å². The average Bonchev–Trinajstić information content (AvgIpc) is 2.66. The van der Waals surface area contributed by atoms with E-state index in [0.29, 0.717) is 12.6 Å². The van der Waals surface area contributed by atoms with Crippen molar-refractivity contribution < 1.29 is 4.74 Å². The van der Waals surface area contributed by atoms with Crippen molar-refractivity contribution in [3.05, 3.63) is 29.8 Å². The van der Waals surface area contributed by atoms with Crippen LogP contribution in [-0.2, 0) is 0 Å². The molecule has 1 aliphatic rings. The Morgan fingerprint density at radius 3 is 2.52 bits per heavy atom. The second kappa shape index (κ2) is 7.81. The standard InChI is InChI=1S/C18H30N2O/c1-14(2)21-17-8-6-16(7-9-17)18(13-19)20-11-4-5-15(3)10-12-20/h6-9,14-15,18H,4-5,10-13,19H2,1-3H3. The zero-order valence-corrected chi connectivity index (χ0v) is 13.7. The number of nitrogens with two attached hydrogens (primary N) is 1. The van der Waals surface area contributed by atoms with E-state index in [4.69, 9.17) is 10.5 Å². The molecule has 1 aromatic rings. The number of benzene rings is 1. The molecule has 1 saturated heterocycles.